The molecule has 0 radical (unpaired) electrons. The molecule has 3 heteroatoms. The Kier molecular flexibility index (Phi) is 4.75. The van der Waals surface area contributed by atoms with Gasteiger partial charge < -0.3 is 9.84 Å². The number of benzene rings is 1. The number of hydrogen-bond donors (Lipinski definition) is 1. The molecule has 0 spiro atoms. The molecule has 2 atom stereocenters. The monoisotopic (exact) mass is 249 g/mol. The molecule has 1 heterocycles. The van der Waals surface area contributed by atoms with Crippen LogP contribution in [-0.4, -0.2) is 41.9 Å². The normalized spacial score (nSPS) is 25.6. The van der Waals surface area contributed by atoms with E-state index in [2.05, 4.69) is 43.0 Å². The van der Waals surface area contributed by atoms with Crippen LogP contribution in [0.2, 0.25) is 0 Å². The van der Waals surface area contributed by atoms with E-state index in [0.717, 1.165) is 19.6 Å². The van der Waals surface area contributed by atoms with Crippen molar-refractivity contribution in [2.45, 2.75) is 32.6 Å². The highest BCUT2D eigenvalue weighted by molar-refractivity contribution is 5.14. The number of nitrogens with zero attached hydrogens (tertiary/aromatic N) is 1. The molecule has 1 aromatic carbocycles. The van der Waals surface area contributed by atoms with Crippen LogP contribution in [-0.2, 0) is 11.3 Å². The van der Waals surface area contributed by atoms with Gasteiger partial charge in [-0.15, -0.1) is 0 Å². The summed E-state index contributed by atoms with van der Waals surface area (Å²) in [5.74, 6) is 0.484. The molecule has 0 aliphatic carbocycles. The summed E-state index contributed by atoms with van der Waals surface area (Å²) >= 11 is 0. The molecule has 1 aromatic rings. The SMILES string of the molecule is CC(C)[C@H]1CN(Cc2ccccc2)C[C@@H](CO)O1. The van der Waals surface area contributed by atoms with Crippen molar-refractivity contribution < 1.29 is 9.84 Å². The first-order valence-corrected chi connectivity index (χ1v) is 6.71. The number of ether oxygens (including phenoxy) is 1. The van der Waals surface area contributed by atoms with E-state index in [1.54, 1.807) is 0 Å². The van der Waals surface area contributed by atoms with Crippen molar-refractivity contribution in [1.29, 1.82) is 0 Å². The molecular formula is C15H23NO2. The molecule has 0 bridgehead atoms. The molecule has 0 saturated carbocycles. The van der Waals surface area contributed by atoms with E-state index in [9.17, 15) is 5.11 Å². The number of aliphatic hydroxyl groups excluding tert-OH is 1. The Morgan fingerprint density at radius 2 is 2.00 bits per heavy atom. The Bertz CT molecular complexity index is 353. The first kappa shape index (κ1) is 13.5. The van der Waals surface area contributed by atoms with E-state index < -0.39 is 0 Å². The van der Waals surface area contributed by atoms with Crippen LogP contribution in [0.5, 0.6) is 0 Å². The second-order valence-electron chi connectivity index (χ2n) is 5.40. The molecule has 2 rings (SSSR count). The summed E-state index contributed by atoms with van der Waals surface area (Å²) < 4.78 is 5.87. The Labute approximate surface area is 109 Å². The zero-order valence-corrected chi connectivity index (χ0v) is 11.2. The van der Waals surface area contributed by atoms with Gasteiger partial charge in [-0.1, -0.05) is 44.2 Å². The van der Waals surface area contributed by atoms with Crippen molar-refractivity contribution in [3.8, 4) is 0 Å². The van der Waals surface area contributed by atoms with Crippen LogP contribution in [0.4, 0.5) is 0 Å². The molecule has 18 heavy (non-hydrogen) atoms. The average molecular weight is 249 g/mol. The Morgan fingerprint density at radius 1 is 1.28 bits per heavy atom. The van der Waals surface area contributed by atoms with Gasteiger partial charge in [0.2, 0.25) is 0 Å². The molecular weight excluding hydrogens is 226 g/mol. The van der Waals surface area contributed by atoms with Crippen LogP contribution < -0.4 is 0 Å². The molecule has 0 unspecified atom stereocenters. The van der Waals surface area contributed by atoms with Crippen LogP contribution in [0.1, 0.15) is 19.4 Å². The molecule has 1 aliphatic heterocycles. The largest absolute Gasteiger partial charge is 0.394 e. The summed E-state index contributed by atoms with van der Waals surface area (Å²) in [7, 11) is 0. The Morgan fingerprint density at radius 3 is 2.61 bits per heavy atom. The van der Waals surface area contributed by atoms with Crippen LogP contribution in [0, 0.1) is 5.92 Å². The summed E-state index contributed by atoms with van der Waals surface area (Å²) in [5.41, 5.74) is 1.32. The minimum atomic E-state index is -0.0464. The van der Waals surface area contributed by atoms with Crippen molar-refractivity contribution in [1.82, 2.24) is 4.90 Å². The van der Waals surface area contributed by atoms with Crippen LogP contribution >= 0.6 is 0 Å². The molecule has 0 aromatic heterocycles. The fraction of sp³-hybridized carbons (Fsp3) is 0.600. The lowest BCUT2D eigenvalue weighted by atomic mass is 10.0. The molecule has 1 aliphatic rings. The van der Waals surface area contributed by atoms with Crippen molar-refractivity contribution in [3.63, 3.8) is 0 Å². The highest BCUT2D eigenvalue weighted by Crippen LogP contribution is 2.19. The summed E-state index contributed by atoms with van der Waals surface area (Å²) in [6.45, 7) is 7.15. The third kappa shape index (κ3) is 3.55. The standard InChI is InChI=1S/C15H23NO2/c1-12(2)15-10-16(9-14(11-17)18-15)8-13-6-4-3-5-7-13/h3-7,12,14-15,17H,8-11H2,1-2H3/t14-,15+/m0/s1. The van der Waals surface area contributed by atoms with Gasteiger partial charge >= 0.3 is 0 Å². The van der Waals surface area contributed by atoms with Gasteiger partial charge in [-0.25, -0.2) is 0 Å². The van der Waals surface area contributed by atoms with Crippen molar-refractivity contribution >= 4 is 0 Å². The highest BCUT2D eigenvalue weighted by Gasteiger charge is 2.29. The van der Waals surface area contributed by atoms with Gasteiger partial charge in [-0.05, 0) is 11.5 Å². The van der Waals surface area contributed by atoms with Gasteiger partial charge in [0.1, 0.15) is 0 Å². The molecule has 100 valence electrons. The minimum Gasteiger partial charge on any atom is -0.394 e. The molecule has 3 nitrogen and oxygen atoms in total. The van der Waals surface area contributed by atoms with Crippen LogP contribution in [0.15, 0.2) is 30.3 Å². The van der Waals surface area contributed by atoms with Crippen molar-refractivity contribution in [3.05, 3.63) is 35.9 Å². The third-order valence-corrected chi connectivity index (χ3v) is 3.46. The Hall–Kier alpha value is -0.900. The van der Waals surface area contributed by atoms with E-state index in [-0.39, 0.29) is 18.8 Å². The molecule has 1 saturated heterocycles. The maximum absolute atomic E-state index is 9.32. The average Bonchev–Trinajstić information content (AvgIpc) is 2.39. The van der Waals surface area contributed by atoms with Crippen LogP contribution in [0.25, 0.3) is 0 Å². The topological polar surface area (TPSA) is 32.7 Å². The number of rotatable bonds is 4. The van der Waals surface area contributed by atoms with E-state index >= 15 is 0 Å². The first-order valence-electron chi connectivity index (χ1n) is 6.71. The Balaban J connectivity index is 1.99. The summed E-state index contributed by atoms with van der Waals surface area (Å²) in [6, 6.07) is 10.5. The van der Waals surface area contributed by atoms with Gasteiger partial charge in [0.25, 0.3) is 0 Å². The molecule has 0 amide bonds. The van der Waals surface area contributed by atoms with Gasteiger partial charge in [0.15, 0.2) is 0 Å². The summed E-state index contributed by atoms with van der Waals surface area (Å²) in [5, 5.41) is 9.32. The summed E-state index contributed by atoms with van der Waals surface area (Å²) in [4.78, 5) is 2.38. The van der Waals surface area contributed by atoms with Gasteiger partial charge in [-0.2, -0.15) is 0 Å². The smallest absolute Gasteiger partial charge is 0.0936 e. The molecule has 1 fully saturated rings. The van der Waals surface area contributed by atoms with E-state index in [1.165, 1.54) is 5.56 Å². The second kappa shape index (κ2) is 6.32. The van der Waals surface area contributed by atoms with Gasteiger partial charge in [0.05, 0.1) is 18.8 Å². The lowest BCUT2D eigenvalue weighted by molar-refractivity contribution is -0.120. The first-order chi connectivity index (χ1) is 8.69. The lowest BCUT2D eigenvalue weighted by Crippen LogP contribution is -2.50. The van der Waals surface area contributed by atoms with Crippen LogP contribution in [0.3, 0.4) is 0 Å². The van der Waals surface area contributed by atoms with E-state index in [4.69, 9.17) is 4.74 Å². The maximum Gasteiger partial charge on any atom is 0.0936 e. The van der Waals surface area contributed by atoms with E-state index in [0.29, 0.717) is 5.92 Å². The number of hydrogen-bond acceptors (Lipinski definition) is 3. The fourth-order valence-electron chi connectivity index (χ4n) is 2.39. The van der Waals surface area contributed by atoms with E-state index in [1.807, 2.05) is 6.07 Å². The van der Waals surface area contributed by atoms with Gasteiger partial charge in [-0.3, -0.25) is 4.90 Å². The predicted octanol–water partition coefficient (Wildman–Crippen LogP) is 1.90. The van der Waals surface area contributed by atoms with Crippen molar-refractivity contribution in [2.24, 2.45) is 5.92 Å². The predicted molar refractivity (Wildman–Crippen MR) is 72.3 cm³/mol. The van der Waals surface area contributed by atoms with Crippen molar-refractivity contribution in [2.75, 3.05) is 19.7 Å². The zero-order valence-electron chi connectivity index (χ0n) is 11.2. The lowest BCUT2D eigenvalue weighted by Gasteiger charge is -2.39. The third-order valence-electron chi connectivity index (χ3n) is 3.46. The van der Waals surface area contributed by atoms with Gasteiger partial charge in [0, 0.05) is 19.6 Å². The quantitative estimate of drug-likeness (QED) is 0.884. The highest BCUT2D eigenvalue weighted by atomic mass is 16.5. The number of morpholine rings is 1. The second-order valence-corrected chi connectivity index (χ2v) is 5.40. The summed E-state index contributed by atoms with van der Waals surface area (Å²) in [6.07, 6.45) is 0.175. The maximum atomic E-state index is 9.32. The zero-order chi connectivity index (χ0) is 13.0. The fourth-order valence-corrected chi connectivity index (χ4v) is 2.39. The minimum absolute atomic E-state index is 0.0464. The number of aliphatic hydroxyl groups is 1. The molecule has 1 N–H and O–H groups in total.